The number of nitrogens with zero attached hydrogens (tertiary/aromatic N) is 1. The molecular formula is C20H22N4O2. The molecule has 0 aliphatic heterocycles. The van der Waals surface area contributed by atoms with Gasteiger partial charge in [0.2, 0.25) is 5.91 Å². The minimum atomic E-state index is -0.635. The molecule has 1 aromatic heterocycles. The van der Waals surface area contributed by atoms with Crippen LogP contribution in [0.2, 0.25) is 0 Å². The zero-order valence-corrected chi connectivity index (χ0v) is 15.0. The lowest BCUT2D eigenvalue weighted by Crippen LogP contribution is -2.47. The maximum atomic E-state index is 12.7. The molecule has 6 heteroatoms. The van der Waals surface area contributed by atoms with Gasteiger partial charge >= 0.3 is 0 Å². The monoisotopic (exact) mass is 350 g/mol. The molecule has 0 radical (unpaired) electrons. The second-order valence-electron chi connectivity index (χ2n) is 6.72. The molecule has 0 aliphatic carbocycles. The molecule has 0 fully saturated rings. The van der Waals surface area contributed by atoms with Gasteiger partial charge in [0.05, 0.1) is 11.7 Å². The molecule has 134 valence electrons. The number of aryl methyl sites for hydroxylation is 1. The summed E-state index contributed by atoms with van der Waals surface area (Å²) in [5.41, 5.74) is 3.18. The Morgan fingerprint density at radius 2 is 1.81 bits per heavy atom. The molecule has 26 heavy (non-hydrogen) atoms. The van der Waals surface area contributed by atoms with Gasteiger partial charge in [0.1, 0.15) is 6.04 Å². The predicted molar refractivity (Wildman–Crippen MR) is 102 cm³/mol. The molecular weight excluding hydrogens is 328 g/mol. The molecule has 0 aliphatic rings. The highest BCUT2D eigenvalue weighted by Gasteiger charge is 2.24. The summed E-state index contributed by atoms with van der Waals surface area (Å²) in [4.78, 5) is 25.2. The van der Waals surface area contributed by atoms with Crippen molar-refractivity contribution in [3.8, 4) is 0 Å². The standard InChI is InChI=1S/C20H22N4O2/c1-12(2)18(23-19(25)14-6-4-13(3)5-7-14)20(26)22-16-8-9-17-15(10-16)11-21-24-17/h4-12,18H,1-3H3,(H,21,24)(H,22,26)(H,23,25). The molecule has 0 saturated carbocycles. The lowest BCUT2D eigenvalue weighted by atomic mass is 10.0. The third-order valence-corrected chi connectivity index (χ3v) is 4.26. The van der Waals surface area contributed by atoms with E-state index in [9.17, 15) is 9.59 Å². The van der Waals surface area contributed by atoms with Gasteiger partial charge in [0.15, 0.2) is 0 Å². The van der Waals surface area contributed by atoms with E-state index in [2.05, 4.69) is 20.8 Å². The summed E-state index contributed by atoms with van der Waals surface area (Å²) in [6.07, 6.45) is 1.70. The molecule has 3 aromatic rings. The Morgan fingerprint density at radius 3 is 2.50 bits per heavy atom. The third kappa shape index (κ3) is 3.91. The first-order valence-corrected chi connectivity index (χ1v) is 8.55. The molecule has 0 spiro atoms. The predicted octanol–water partition coefficient (Wildman–Crippen LogP) is 3.26. The summed E-state index contributed by atoms with van der Waals surface area (Å²) >= 11 is 0. The highest BCUT2D eigenvalue weighted by molar-refractivity contribution is 6.02. The highest BCUT2D eigenvalue weighted by atomic mass is 16.2. The van der Waals surface area contributed by atoms with Crippen LogP contribution in [0.25, 0.3) is 10.9 Å². The first-order valence-electron chi connectivity index (χ1n) is 8.55. The number of aromatic amines is 1. The van der Waals surface area contributed by atoms with Crippen molar-refractivity contribution in [1.82, 2.24) is 15.5 Å². The van der Waals surface area contributed by atoms with Gasteiger partial charge in [0, 0.05) is 16.6 Å². The summed E-state index contributed by atoms with van der Waals surface area (Å²) in [6.45, 7) is 5.76. The molecule has 0 saturated heterocycles. The number of nitrogens with one attached hydrogen (secondary N) is 3. The van der Waals surface area contributed by atoms with Gasteiger partial charge in [-0.15, -0.1) is 0 Å². The maximum absolute atomic E-state index is 12.7. The van der Waals surface area contributed by atoms with E-state index >= 15 is 0 Å². The minimum Gasteiger partial charge on any atom is -0.340 e. The van der Waals surface area contributed by atoms with Crippen molar-refractivity contribution in [3.05, 3.63) is 59.8 Å². The van der Waals surface area contributed by atoms with Crippen LogP contribution in [-0.2, 0) is 4.79 Å². The van der Waals surface area contributed by atoms with Crippen molar-refractivity contribution in [2.75, 3.05) is 5.32 Å². The SMILES string of the molecule is Cc1ccc(C(=O)NC(C(=O)Nc2ccc3[nH]ncc3c2)C(C)C)cc1. The van der Waals surface area contributed by atoms with Crippen molar-refractivity contribution >= 4 is 28.4 Å². The molecule has 2 amide bonds. The second-order valence-corrected chi connectivity index (χ2v) is 6.72. The Morgan fingerprint density at radius 1 is 1.08 bits per heavy atom. The first-order chi connectivity index (χ1) is 12.4. The molecule has 3 rings (SSSR count). The number of anilines is 1. The van der Waals surface area contributed by atoms with Crippen LogP contribution in [0.5, 0.6) is 0 Å². The van der Waals surface area contributed by atoms with Gasteiger partial charge in [-0.25, -0.2) is 0 Å². The Labute approximate surface area is 152 Å². The van der Waals surface area contributed by atoms with Crippen LogP contribution in [0.15, 0.2) is 48.7 Å². The van der Waals surface area contributed by atoms with Crippen LogP contribution in [0.4, 0.5) is 5.69 Å². The molecule has 6 nitrogen and oxygen atoms in total. The van der Waals surface area contributed by atoms with Gasteiger partial charge in [-0.1, -0.05) is 31.5 Å². The highest BCUT2D eigenvalue weighted by Crippen LogP contribution is 2.17. The Balaban J connectivity index is 1.72. The van der Waals surface area contributed by atoms with E-state index in [4.69, 9.17) is 0 Å². The average molecular weight is 350 g/mol. The first kappa shape index (κ1) is 17.7. The number of amides is 2. The summed E-state index contributed by atoms with van der Waals surface area (Å²) in [6, 6.07) is 12.1. The van der Waals surface area contributed by atoms with Crippen LogP contribution in [0.3, 0.4) is 0 Å². The fraction of sp³-hybridized carbons (Fsp3) is 0.250. The number of H-pyrrole nitrogens is 1. The van der Waals surface area contributed by atoms with Gasteiger partial charge in [0.25, 0.3) is 5.91 Å². The van der Waals surface area contributed by atoms with Crippen molar-refractivity contribution in [2.45, 2.75) is 26.8 Å². The summed E-state index contributed by atoms with van der Waals surface area (Å²) in [7, 11) is 0. The average Bonchev–Trinajstić information content (AvgIpc) is 3.07. The zero-order valence-electron chi connectivity index (χ0n) is 15.0. The Kier molecular flexibility index (Phi) is 5.02. The molecule has 1 atom stereocenters. The molecule has 3 N–H and O–H groups in total. The number of carbonyl (C=O) groups is 2. The molecule has 1 unspecified atom stereocenters. The third-order valence-electron chi connectivity index (χ3n) is 4.26. The summed E-state index contributed by atoms with van der Waals surface area (Å²) < 4.78 is 0. The van der Waals surface area contributed by atoms with Crippen molar-refractivity contribution in [1.29, 1.82) is 0 Å². The number of fused-ring (bicyclic) bond motifs is 1. The van der Waals surface area contributed by atoms with Crippen LogP contribution in [0.1, 0.15) is 29.8 Å². The van der Waals surface area contributed by atoms with E-state index in [-0.39, 0.29) is 17.7 Å². The fourth-order valence-corrected chi connectivity index (χ4v) is 2.70. The number of rotatable bonds is 5. The largest absolute Gasteiger partial charge is 0.340 e. The number of carbonyl (C=O) groups excluding carboxylic acids is 2. The number of benzene rings is 2. The molecule has 1 heterocycles. The zero-order chi connectivity index (χ0) is 18.7. The van der Waals surface area contributed by atoms with Crippen LogP contribution < -0.4 is 10.6 Å². The lowest BCUT2D eigenvalue weighted by Gasteiger charge is -2.22. The molecule has 2 aromatic carbocycles. The molecule has 0 bridgehead atoms. The van der Waals surface area contributed by atoms with E-state index in [0.717, 1.165) is 16.5 Å². The Hall–Kier alpha value is -3.15. The van der Waals surface area contributed by atoms with E-state index in [1.807, 2.05) is 45.0 Å². The van der Waals surface area contributed by atoms with E-state index in [0.29, 0.717) is 11.3 Å². The summed E-state index contributed by atoms with van der Waals surface area (Å²) in [5.74, 6) is -0.561. The van der Waals surface area contributed by atoms with Crippen LogP contribution in [0, 0.1) is 12.8 Å². The fourth-order valence-electron chi connectivity index (χ4n) is 2.70. The van der Waals surface area contributed by atoms with Gasteiger partial charge in [-0.05, 0) is 43.2 Å². The number of aromatic nitrogens is 2. The van der Waals surface area contributed by atoms with E-state index in [1.165, 1.54) is 0 Å². The van der Waals surface area contributed by atoms with Crippen molar-refractivity contribution < 1.29 is 9.59 Å². The normalized spacial score (nSPS) is 12.2. The van der Waals surface area contributed by atoms with E-state index < -0.39 is 6.04 Å². The smallest absolute Gasteiger partial charge is 0.251 e. The van der Waals surface area contributed by atoms with Crippen molar-refractivity contribution in [2.24, 2.45) is 5.92 Å². The van der Waals surface area contributed by atoms with Gasteiger partial charge in [-0.3, -0.25) is 14.7 Å². The lowest BCUT2D eigenvalue weighted by molar-refractivity contribution is -0.118. The second kappa shape index (κ2) is 7.39. The van der Waals surface area contributed by atoms with E-state index in [1.54, 1.807) is 24.4 Å². The number of hydrogen-bond acceptors (Lipinski definition) is 3. The number of hydrogen-bond donors (Lipinski definition) is 3. The van der Waals surface area contributed by atoms with Crippen LogP contribution in [-0.4, -0.2) is 28.1 Å². The maximum Gasteiger partial charge on any atom is 0.251 e. The quantitative estimate of drug-likeness (QED) is 0.660. The minimum absolute atomic E-state index is 0.0537. The van der Waals surface area contributed by atoms with Crippen LogP contribution >= 0.6 is 0 Å². The summed E-state index contributed by atoms with van der Waals surface area (Å²) in [5, 5.41) is 13.5. The van der Waals surface area contributed by atoms with Gasteiger partial charge < -0.3 is 10.6 Å². The van der Waals surface area contributed by atoms with Crippen molar-refractivity contribution in [3.63, 3.8) is 0 Å². The van der Waals surface area contributed by atoms with Gasteiger partial charge in [-0.2, -0.15) is 5.10 Å². The Bertz CT molecular complexity index is 928. The topological polar surface area (TPSA) is 86.9 Å².